The van der Waals surface area contributed by atoms with Crippen LogP contribution in [0.25, 0.3) is 0 Å². The van der Waals surface area contributed by atoms with Gasteiger partial charge >= 0.3 is 0 Å². The van der Waals surface area contributed by atoms with Crippen molar-refractivity contribution in [2.45, 2.75) is 17.4 Å². The van der Waals surface area contributed by atoms with Gasteiger partial charge in [-0.25, -0.2) is 12.7 Å². The fourth-order valence-electron chi connectivity index (χ4n) is 2.04. The molecule has 0 aliphatic heterocycles. The van der Waals surface area contributed by atoms with Crippen LogP contribution in [-0.2, 0) is 10.0 Å². The topological polar surface area (TPSA) is 86.7 Å². The van der Waals surface area contributed by atoms with Crippen molar-refractivity contribution >= 4 is 27.3 Å². The molecule has 1 aromatic carbocycles. The predicted octanol–water partition coefficient (Wildman–Crippen LogP) is 1.85. The van der Waals surface area contributed by atoms with Crippen LogP contribution < -0.4 is 5.32 Å². The molecule has 24 heavy (non-hydrogen) atoms. The van der Waals surface area contributed by atoms with Crippen molar-refractivity contribution in [1.29, 1.82) is 0 Å². The molecule has 8 heteroatoms. The number of amides is 1. The Kier molecular flexibility index (Phi) is 6.11. The standard InChI is InChI=1S/C16H20N2O4S2/c1-18(2)24(21,22)13-7-5-12(6-8-13)16(20)17-10-9-14(19)15-4-3-11-23-15/h3-8,11,14,19H,9-10H2,1-2H3,(H,17,20). The lowest BCUT2D eigenvalue weighted by Crippen LogP contribution is -2.26. The van der Waals surface area contributed by atoms with Gasteiger partial charge in [0.15, 0.2) is 0 Å². The second-order valence-electron chi connectivity index (χ2n) is 5.39. The summed E-state index contributed by atoms with van der Waals surface area (Å²) in [5.74, 6) is -0.304. The number of hydrogen-bond acceptors (Lipinski definition) is 5. The van der Waals surface area contributed by atoms with E-state index >= 15 is 0 Å². The largest absolute Gasteiger partial charge is 0.388 e. The molecular formula is C16H20N2O4S2. The number of sulfonamides is 1. The minimum absolute atomic E-state index is 0.136. The Balaban J connectivity index is 1.91. The number of hydrogen-bond donors (Lipinski definition) is 2. The summed E-state index contributed by atoms with van der Waals surface area (Å²) in [6.07, 6.45) is -0.183. The average Bonchev–Trinajstić information content (AvgIpc) is 3.09. The van der Waals surface area contributed by atoms with Gasteiger partial charge in [-0.1, -0.05) is 6.07 Å². The quantitative estimate of drug-likeness (QED) is 0.781. The molecule has 0 fully saturated rings. The van der Waals surface area contributed by atoms with Crippen molar-refractivity contribution in [3.8, 4) is 0 Å². The third-order valence-corrected chi connectivity index (χ3v) is 6.27. The Bertz CT molecular complexity index is 769. The normalized spacial score (nSPS) is 13.0. The molecule has 1 unspecified atom stereocenters. The molecule has 1 aromatic heterocycles. The lowest BCUT2D eigenvalue weighted by atomic mass is 10.2. The van der Waals surface area contributed by atoms with Gasteiger partial charge < -0.3 is 10.4 Å². The molecule has 1 amide bonds. The van der Waals surface area contributed by atoms with Crippen LogP contribution in [0.3, 0.4) is 0 Å². The van der Waals surface area contributed by atoms with Crippen LogP contribution in [0, 0.1) is 0 Å². The Morgan fingerprint density at radius 1 is 1.25 bits per heavy atom. The number of nitrogens with one attached hydrogen (secondary N) is 1. The highest BCUT2D eigenvalue weighted by atomic mass is 32.2. The summed E-state index contributed by atoms with van der Waals surface area (Å²) in [6.45, 7) is 0.329. The van der Waals surface area contributed by atoms with Gasteiger partial charge in [-0.2, -0.15) is 0 Å². The summed E-state index contributed by atoms with van der Waals surface area (Å²) in [7, 11) is -0.596. The van der Waals surface area contributed by atoms with Crippen LogP contribution in [0.2, 0.25) is 0 Å². The molecule has 2 aromatic rings. The Hall–Kier alpha value is -1.74. The molecule has 0 bridgehead atoms. The first-order chi connectivity index (χ1) is 11.3. The fourth-order valence-corrected chi connectivity index (χ4v) is 3.68. The van der Waals surface area contributed by atoms with Crippen molar-refractivity contribution < 1.29 is 18.3 Å². The summed E-state index contributed by atoms with van der Waals surface area (Å²) in [4.78, 5) is 13.1. The number of rotatable bonds is 7. The highest BCUT2D eigenvalue weighted by molar-refractivity contribution is 7.89. The van der Waals surface area contributed by atoms with Crippen LogP contribution in [-0.4, -0.2) is 44.4 Å². The van der Waals surface area contributed by atoms with Crippen LogP contribution in [0.15, 0.2) is 46.7 Å². The third-order valence-electron chi connectivity index (χ3n) is 3.47. The van der Waals surface area contributed by atoms with E-state index < -0.39 is 16.1 Å². The Labute approximate surface area is 145 Å². The molecule has 0 radical (unpaired) electrons. The van der Waals surface area contributed by atoms with Crippen LogP contribution in [0.1, 0.15) is 27.8 Å². The summed E-state index contributed by atoms with van der Waals surface area (Å²) in [5, 5.41) is 14.6. The molecule has 0 aliphatic rings. The number of benzene rings is 1. The maximum Gasteiger partial charge on any atom is 0.251 e. The monoisotopic (exact) mass is 368 g/mol. The Morgan fingerprint density at radius 3 is 2.46 bits per heavy atom. The molecule has 130 valence electrons. The highest BCUT2D eigenvalue weighted by Gasteiger charge is 2.17. The predicted molar refractivity (Wildman–Crippen MR) is 93.5 cm³/mol. The first kappa shape index (κ1) is 18.6. The zero-order valence-corrected chi connectivity index (χ0v) is 15.1. The van der Waals surface area contributed by atoms with Gasteiger partial charge in [0, 0.05) is 31.1 Å². The van der Waals surface area contributed by atoms with Crippen molar-refractivity contribution in [2.24, 2.45) is 0 Å². The van der Waals surface area contributed by atoms with Gasteiger partial charge in [0.2, 0.25) is 10.0 Å². The second-order valence-corrected chi connectivity index (χ2v) is 8.52. The van der Waals surface area contributed by atoms with Crippen molar-refractivity contribution in [1.82, 2.24) is 9.62 Å². The van der Waals surface area contributed by atoms with Gasteiger partial charge in [0.25, 0.3) is 5.91 Å². The van der Waals surface area contributed by atoms with Crippen LogP contribution in [0.5, 0.6) is 0 Å². The molecule has 0 aliphatic carbocycles. The number of aliphatic hydroxyl groups is 1. The van der Waals surface area contributed by atoms with E-state index in [0.29, 0.717) is 18.5 Å². The van der Waals surface area contributed by atoms with E-state index in [1.165, 1.54) is 49.7 Å². The smallest absolute Gasteiger partial charge is 0.251 e. The van der Waals surface area contributed by atoms with Gasteiger partial charge in [-0.15, -0.1) is 11.3 Å². The molecule has 2 N–H and O–H groups in total. The summed E-state index contributed by atoms with van der Waals surface area (Å²) in [5.41, 5.74) is 0.373. The zero-order valence-electron chi connectivity index (χ0n) is 13.5. The first-order valence-corrected chi connectivity index (χ1v) is 9.66. The maximum atomic E-state index is 12.1. The number of carbonyl (C=O) groups is 1. The number of aliphatic hydroxyl groups excluding tert-OH is 1. The van der Waals surface area contributed by atoms with Gasteiger partial charge in [0.1, 0.15) is 0 Å². The van der Waals surface area contributed by atoms with Crippen molar-refractivity contribution in [2.75, 3.05) is 20.6 Å². The molecule has 0 saturated heterocycles. The SMILES string of the molecule is CN(C)S(=O)(=O)c1ccc(C(=O)NCCC(O)c2cccs2)cc1. The molecule has 0 saturated carbocycles. The summed E-state index contributed by atoms with van der Waals surface area (Å²) in [6, 6.07) is 9.48. The van der Waals surface area contributed by atoms with Crippen LogP contribution >= 0.6 is 11.3 Å². The van der Waals surface area contributed by atoms with Crippen LogP contribution in [0.4, 0.5) is 0 Å². The summed E-state index contributed by atoms with van der Waals surface area (Å²) >= 11 is 1.47. The highest BCUT2D eigenvalue weighted by Crippen LogP contribution is 2.21. The average molecular weight is 368 g/mol. The lowest BCUT2D eigenvalue weighted by Gasteiger charge is -2.12. The summed E-state index contributed by atoms with van der Waals surface area (Å²) < 4.78 is 25.1. The molecule has 2 rings (SSSR count). The zero-order chi connectivity index (χ0) is 17.7. The molecule has 0 spiro atoms. The minimum Gasteiger partial charge on any atom is -0.388 e. The molecule has 6 nitrogen and oxygen atoms in total. The van der Waals surface area contributed by atoms with E-state index in [9.17, 15) is 18.3 Å². The van der Waals surface area contributed by atoms with Gasteiger partial charge in [0.05, 0.1) is 11.0 Å². The Morgan fingerprint density at radius 2 is 1.92 bits per heavy atom. The second kappa shape index (κ2) is 7.89. The molecule has 1 heterocycles. The fraction of sp³-hybridized carbons (Fsp3) is 0.312. The van der Waals surface area contributed by atoms with E-state index in [1.807, 2.05) is 17.5 Å². The number of thiophene rings is 1. The van der Waals surface area contributed by atoms with Gasteiger partial charge in [-0.05, 0) is 42.1 Å². The number of carbonyl (C=O) groups excluding carboxylic acids is 1. The van der Waals surface area contributed by atoms with E-state index in [4.69, 9.17) is 0 Å². The van der Waals surface area contributed by atoms with Crippen molar-refractivity contribution in [3.63, 3.8) is 0 Å². The van der Waals surface area contributed by atoms with E-state index in [2.05, 4.69) is 5.32 Å². The molecular weight excluding hydrogens is 348 g/mol. The molecule has 1 atom stereocenters. The minimum atomic E-state index is -3.50. The third kappa shape index (κ3) is 4.41. The van der Waals surface area contributed by atoms with E-state index in [-0.39, 0.29) is 10.8 Å². The van der Waals surface area contributed by atoms with Crippen molar-refractivity contribution in [3.05, 3.63) is 52.2 Å². The maximum absolute atomic E-state index is 12.1. The van der Waals surface area contributed by atoms with E-state index in [0.717, 1.165) is 9.18 Å². The number of nitrogens with zero attached hydrogens (tertiary/aromatic N) is 1. The van der Waals surface area contributed by atoms with E-state index in [1.54, 1.807) is 0 Å². The lowest BCUT2D eigenvalue weighted by molar-refractivity contribution is 0.0943. The first-order valence-electron chi connectivity index (χ1n) is 7.34. The van der Waals surface area contributed by atoms with Gasteiger partial charge in [-0.3, -0.25) is 4.79 Å².